The SMILES string of the molecule is O=C(N[C@@H]1CCN[C@H](c2ccccc2)C1)C(F)(F)F. The van der Waals surface area contributed by atoms with Gasteiger partial charge in [0.1, 0.15) is 0 Å². The first kappa shape index (κ1) is 13.9. The van der Waals surface area contributed by atoms with Gasteiger partial charge in [-0.15, -0.1) is 0 Å². The van der Waals surface area contributed by atoms with Crippen LogP contribution in [0.5, 0.6) is 0 Å². The number of amides is 1. The van der Waals surface area contributed by atoms with Gasteiger partial charge in [-0.05, 0) is 24.9 Å². The fourth-order valence-electron chi connectivity index (χ4n) is 2.26. The molecule has 104 valence electrons. The molecule has 1 heterocycles. The Bertz CT molecular complexity index is 433. The van der Waals surface area contributed by atoms with Gasteiger partial charge in [0.05, 0.1) is 0 Å². The Hall–Kier alpha value is -1.56. The summed E-state index contributed by atoms with van der Waals surface area (Å²) in [7, 11) is 0. The van der Waals surface area contributed by atoms with Crippen molar-refractivity contribution >= 4 is 5.91 Å². The van der Waals surface area contributed by atoms with Gasteiger partial charge in [-0.1, -0.05) is 30.3 Å². The number of halogens is 3. The van der Waals surface area contributed by atoms with Crippen LogP contribution in [0.2, 0.25) is 0 Å². The molecule has 1 aliphatic rings. The highest BCUT2D eigenvalue weighted by Gasteiger charge is 2.40. The summed E-state index contributed by atoms with van der Waals surface area (Å²) in [6, 6.07) is 9.03. The Morgan fingerprint density at radius 2 is 1.95 bits per heavy atom. The van der Waals surface area contributed by atoms with E-state index in [-0.39, 0.29) is 6.04 Å². The molecule has 2 rings (SSSR count). The molecule has 1 aliphatic heterocycles. The highest BCUT2D eigenvalue weighted by atomic mass is 19.4. The lowest BCUT2D eigenvalue weighted by molar-refractivity contribution is -0.174. The third-order valence-corrected chi connectivity index (χ3v) is 3.20. The molecule has 1 saturated heterocycles. The van der Waals surface area contributed by atoms with Crippen molar-refractivity contribution in [3.8, 4) is 0 Å². The number of alkyl halides is 3. The minimum atomic E-state index is -4.81. The Labute approximate surface area is 109 Å². The van der Waals surface area contributed by atoms with Gasteiger partial charge in [0.2, 0.25) is 0 Å². The van der Waals surface area contributed by atoms with Crippen molar-refractivity contribution < 1.29 is 18.0 Å². The lowest BCUT2D eigenvalue weighted by Gasteiger charge is -2.31. The first-order valence-corrected chi connectivity index (χ1v) is 6.13. The Kier molecular flexibility index (Phi) is 4.09. The molecule has 0 aliphatic carbocycles. The van der Waals surface area contributed by atoms with Crippen LogP contribution < -0.4 is 10.6 Å². The fraction of sp³-hybridized carbons (Fsp3) is 0.462. The summed E-state index contributed by atoms with van der Waals surface area (Å²) in [4.78, 5) is 10.9. The second-order valence-corrected chi connectivity index (χ2v) is 4.61. The quantitative estimate of drug-likeness (QED) is 0.866. The summed E-state index contributed by atoms with van der Waals surface area (Å²) in [6.45, 7) is 0.586. The van der Waals surface area contributed by atoms with E-state index in [1.807, 2.05) is 30.3 Å². The van der Waals surface area contributed by atoms with Gasteiger partial charge in [-0.2, -0.15) is 13.2 Å². The molecule has 0 bridgehead atoms. The van der Waals surface area contributed by atoms with Crippen molar-refractivity contribution in [3.05, 3.63) is 35.9 Å². The molecule has 0 aromatic heterocycles. The van der Waals surface area contributed by atoms with Crippen LogP contribution in [0.3, 0.4) is 0 Å². The lowest BCUT2D eigenvalue weighted by atomic mass is 9.94. The third kappa shape index (κ3) is 3.70. The topological polar surface area (TPSA) is 41.1 Å². The highest BCUT2D eigenvalue weighted by Crippen LogP contribution is 2.24. The summed E-state index contributed by atoms with van der Waals surface area (Å²) in [5.74, 6) is -1.86. The minimum Gasteiger partial charge on any atom is -0.345 e. The van der Waals surface area contributed by atoms with E-state index in [1.54, 1.807) is 0 Å². The Morgan fingerprint density at radius 3 is 2.58 bits per heavy atom. The molecule has 0 unspecified atom stereocenters. The van der Waals surface area contributed by atoms with E-state index < -0.39 is 18.1 Å². The molecule has 0 spiro atoms. The first-order valence-electron chi connectivity index (χ1n) is 6.13. The number of carbonyl (C=O) groups excluding carboxylic acids is 1. The van der Waals surface area contributed by atoms with Crippen LogP contribution in [-0.2, 0) is 4.79 Å². The summed E-state index contributed by atoms with van der Waals surface area (Å²) < 4.78 is 36.6. The molecule has 1 fully saturated rings. The normalized spacial score (nSPS) is 23.9. The van der Waals surface area contributed by atoms with Crippen molar-refractivity contribution in [2.45, 2.75) is 31.1 Å². The molecule has 1 amide bonds. The maximum atomic E-state index is 12.2. The van der Waals surface area contributed by atoms with E-state index in [9.17, 15) is 18.0 Å². The van der Waals surface area contributed by atoms with E-state index in [0.717, 1.165) is 5.56 Å². The van der Waals surface area contributed by atoms with Gasteiger partial charge >= 0.3 is 12.1 Å². The van der Waals surface area contributed by atoms with Crippen LogP contribution in [-0.4, -0.2) is 24.7 Å². The lowest BCUT2D eigenvalue weighted by Crippen LogP contribution is -2.48. The smallest absolute Gasteiger partial charge is 0.345 e. The summed E-state index contributed by atoms with van der Waals surface area (Å²) in [5, 5.41) is 5.30. The van der Waals surface area contributed by atoms with Crippen molar-refractivity contribution in [1.82, 2.24) is 10.6 Å². The molecule has 1 aromatic carbocycles. The molecule has 2 N–H and O–H groups in total. The second kappa shape index (κ2) is 5.61. The Morgan fingerprint density at radius 1 is 1.26 bits per heavy atom. The number of hydrogen-bond donors (Lipinski definition) is 2. The average Bonchev–Trinajstić information content (AvgIpc) is 2.39. The molecule has 3 nitrogen and oxygen atoms in total. The number of hydrogen-bond acceptors (Lipinski definition) is 2. The third-order valence-electron chi connectivity index (χ3n) is 3.20. The minimum absolute atomic E-state index is 0.0199. The van der Waals surface area contributed by atoms with Crippen LogP contribution >= 0.6 is 0 Å². The van der Waals surface area contributed by atoms with Crippen molar-refractivity contribution in [3.63, 3.8) is 0 Å². The first-order chi connectivity index (χ1) is 8.97. The number of rotatable bonds is 2. The van der Waals surface area contributed by atoms with Crippen LogP contribution in [0.25, 0.3) is 0 Å². The maximum absolute atomic E-state index is 12.2. The molecular formula is C13H15F3N2O. The van der Waals surface area contributed by atoms with Crippen molar-refractivity contribution in [2.24, 2.45) is 0 Å². The summed E-state index contributed by atoms with van der Waals surface area (Å²) >= 11 is 0. The highest BCUT2D eigenvalue weighted by molar-refractivity contribution is 5.81. The Balaban J connectivity index is 1.96. The second-order valence-electron chi connectivity index (χ2n) is 4.61. The van der Waals surface area contributed by atoms with Gasteiger partial charge in [0.15, 0.2) is 0 Å². The standard InChI is InChI=1S/C13H15F3N2O/c14-13(15,16)12(19)18-10-6-7-17-11(8-10)9-4-2-1-3-5-9/h1-5,10-11,17H,6-8H2,(H,18,19)/t10-,11+/m1/s1. The number of carbonyl (C=O) groups is 1. The van der Waals surface area contributed by atoms with Crippen LogP contribution in [0, 0.1) is 0 Å². The summed E-state index contributed by atoms with van der Waals surface area (Å²) in [6.07, 6.45) is -3.84. The molecule has 0 saturated carbocycles. The zero-order valence-electron chi connectivity index (χ0n) is 10.2. The van der Waals surface area contributed by atoms with Crippen molar-refractivity contribution in [1.29, 1.82) is 0 Å². The van der Waals surface area contributed by atoms with E-state index >= 15 is 0 Å². The van der Waals surface area contributed by atoms with Gasteiger partial charge in [-0.25, -0.2) is 0 Å². The van der Waals surface area contributed by atoms with Crippen LogP contribution in [0.1, 0.15) is 24.4 Å². The molecule has 1 aromatic rings. The number of piperidine rings is 1. The average molecular weight is 272 g/mol. The van der Waals surface area contributed by atoms with Gasteiger partial charge in [0.25, 0.3) is 0 Å². The number of nitrogens with one attached hydrogen (secondary N) is 2. The van der Waals surface area contributed by atoms with E-state index in [4.69, 9.17) is 0 Å². The molecule has 0 radical (unpaired) electrons. The van der Waals surface area contributed by atoms with E-state index in [0.29, 0.717) is 19.4 Å². The molecule has 2 atom stereocenters. The number of benzene rings is 1. The zero-order valence-corrected chi connectivity index (χ0v) is 10.2. The van der Waals surface area contributed by atoms with Gasteiger partial charge in [0, 0.05) is 12.1 Å². The van der Waals surface area contributed by atoms with Crippen molar-refractivity contribution in [2.75, 3.05) is 6.54 Å². The van der Waals surface area contributed by atoms with Crippen LogP contribution in [0.15, 0.2) is 30.3 Å². The van der Waals surface area contributed by atoms with Crippen LogP contribution in [0.4, 0.5) is 13.2 Å². The molecule has 19 heavy (non-hydrogen) atoms. The van der Waals surface area contributed by atoms with E-state index in [2.05, 4.69) is 10.6 Å². The zero-order chi connectivity index (χ0) is 13.9. The monoisotopic (exact) mass is 272 g/mol. The maximum Gasteiger partial charge on any atom is 0.471 e. The molecule has 6 heteroatoms. The van der Waals surface area contributed by atoms with Gasteiger partial charge in [-0.3, -0.25) is 4.79 Å². The molecular weight excluding hydrogens is 257 g/mol. The largest absolute Gasteiger partial charge is 0.471 e. The fourth-order valence-corrected chi connectivity index (χ4v) is 2.26. The summed E-state index contributed by atoms with van der Waals surface area (Å²) in [5.41, 5.74) is 1.02. The van der Waals surface area contributed by atoms with E-state index in [1.165, 1.54) is 0 Å². The van der Waals surface area contributed by atoms with Gasteiger partial charge < -0.3 is 10.6 Å². The predicted octanol–water partition coefficient (Wildman–Crippen LogP) is 2.16. The predicted molar refractivity (Wildman–Crippen MR) is 64.4 cm³/mol.